The molecule has 0 fully saturated rings. The quantitative estimate of drug-likeness (QED) is 0.657. The molecule has 1 N–H and O–H groups in total. The molecule has 3 aromatic rings. The maximum Gasteiger partial charge on any atom is 0.303 e. The van der Waals surface area contributed by atoms with Gasteiger partial charge in [-0.3, -0.25) is 4.79 Å². The Balaban J connectivity index is 1.80. The van der Waals surface area contributed by atoms with Crippen molar-refractivity contribution in [3.8, 4) is 11.4 Å². The number of hydrogen-bond acceptors (Lipinski definition) is 3. The Morgan fingerprint density at radius 2 is 1.79 bits per heavy atom. The summed E-state index contributed by atoms with van der Waals surface area (Å²) in [6.07, 6.45) is 1.36. The van der Waals surface area contributed by atoms with E-state index in [1.807, 2.05) is 0 Å². The Morgan fingerprint density at radius 1 is 1.14 bits per heavy atom. The zero-order valence-corrected chi connectivity index (χ0v) is 15.0. The first-order valence-electron chi connectivity index (χ1n) is 8.47. The minimum atomic E-state index is -1.05. The lowest BCUT2D eigenvalue weighted by molar-refractivity contribution is -0.136. The van der Waals surface area contributed by atoms with E-state index in [-0.39, 0.29) is 25.0 Å². The van der Waals surface area contributed by atoms with E-state index in [0.29, 0.717) is 11.4 Å². The molecule has 8 heteroatoms. The molecule has 0 unspecified atom stereocenters. The molecule has 1 heterocycles. The molecule has 0 saturated carbocycles. The van der Waals surface area contributed by atoms with Gasteiger partial charge in [-0.1, -0.05) is 0 Å². The van der Waals surface area contributed by atoms with Gasteiger partial charge < -0.3 is 9.84 Å². The molecule has 146 valence electrons. The first kappa shape index (κ1) is 19.5. The van der Waals surface area contributed by atoms with Crippen LogP contribution in [0.2, 0.25) is 0 Å². The number of halogens is 3. The summed E-state index contributed by atoms with van der Waals surface area (Å²) >= 11 is 0. The van der Waals surface area contributed by atoms with E-state index >= 15 is 0 Å². The van der Waals surface area contributed by atoms with Crippen LogP contribution in [0, 0.1) is 24.4 Å². The van der Waals surface area contributed by atoms with Gasteiger partial charge in [0.25, 0.3) is 0 Å². The summed E-state index contributed by atoms with van der Waals surface area (Å²) in [5.41, 5.74) is 2.11. The van der Waals surface area contributed by atoms with Crippen LogP contribution in [0.15, 0.2) is 42.6 Å². The van der Waals surface area contributed by atoms with Crippen LogP contribution in [0.4, 0.5) is 13.2 Å². The fraction of sp³-hybridized carbons (Fsp3) is 0.200. The average Bonchev–Trinajstić information content (AvgIpc) is 3.00. The second-order valence-electron chi connectivity index (χ2n) is 6.23. The van der Waals surface area contributed by atoms with Gasteiger partial charge in [0, 0.05) is 6.42 Å². The standard InChI is InChI=1S/C20H17F3N2O3/c1-12-10-24-25(15-5-3-14(21)4-6-15)18(12)11-28-20-16(22)8-13(9-17(20)23)2-7-19(26)27/h3-6,8-10H,2,7,11H2,1H3,(H,26,27). The molecule has 2 aromatic carbocycles. The van der Waals surface area contributed by atoms with Crippen molar-refractivity contribution in [2.24, 2.45) is 0 Å². The molecule has 28 heavy (non-hydrogen) atoms. The molecule has 0 atom stereocenters. The molecule has 0 bridgehead atoms. The number of nitrogens with zero attached hydrogens (tertiary/aromatic N) is 2. The maximum atomic E-state index is 14.3. The monoisotopic (exact) mass is 390 g/mol. The highest BCUT2D eigenvalue weighted by Gasteiger charge is 2.16. The number of rotatable bonds is 7. The predicted molar refractivity (Wildman–Crippen MR) is 94.9 cm³/mol. The Labute approximate surface area is 159 Å². The lowest BCUT2D eigenvalue weighted by Crippen LogP contribution is -2.09. The topological polar surface area (TPSA) is 64.4 Å². The van der Waals surface area contributed by atoms with Crippen molar-refractivity contribution in [3.05, 3.63) is 76.9 Å². The summed E-state index contributed by atoms with van der Waals surface area (Å²) in [7, 11) is 0. The number of aliphatic carboxylic acids is 1. The molecule has 0 amide bonds. The first-order chi connectivity index (χ1) is 13.3. The Kier molecular flexibility index (Phi) is 5.67. The van der Waals surface area contributed by atoms with E-state index in [4.69, 9.17) is 9.84 Å². The zero-order valence-electron chi connectivity index (χ0n) is 15.0. The van der Waals surface area contributed by atoms with Crippen molar-refractivity contribution in [2.75, 3.05) is 0 Å². The number of aryl methyl sites for hydroxylation is 2. The van der Waals surface area contributed by atoms with Gasteiger partial charge in [-0.15, -0.1) is 0 Å². The zero-order chi connectivity index (χ0) is 20.3. The number of benzene rings is 2. The number of ether oxygens (including phenoxy) is 1. The van der Waals surface area contributed by atoms with Gasteiger partial charge in [-0.05, 0) is 60.9 Å². The van der Waals surface area contributed by atoms with Gasteiger partial charge in [-0.25, -0.2) is 17.9 Å². The van der Waals surface area contributed by atoms with Gasteiger partial charge in [0.05, 0.1) is 17.6 Å². The molecule has 0 aliphatic heterocycles. The summed E-state index contributed by atoms with van der Waals surface area (Å²) < 4.78 is 48.5. The average molecular weight is 390 g/mol. The third kappa shape index (κ3) is 4.33. The Hall–Kier alpha value is -3.29. The second kappa shape index (κ2) is 8.16. The molecule has 0 aliphatic carbocycles. The van der Waals surface area contributed by atoms with Crippen molar-refractivity contribution >= 4 is 5.97 Å². The molecule has 5 nitrogen and oxygen atoms in total. The maximum absolute atomic E-state index is 14.3. The SMILES string of the molecule is Cc1cnn(-c2ccc(F)cc2)c1COc1c(F)cc(CCC(=O)O)cc1F. The van der Waals surface area contributed by atoms with Crippen molar-refractivity contribution < 1.29 is 27.8 Å². The highest BCUT2D eigenvalue weighted by atomic mass is 19.1. The van der Waals surface area contributed by atoms with Crippen LogP contribution < -0.4 is 4.74 Å². The fourth-order valence-electron chi connectivity index (χ4n) is 2.72. The normalized spacial score (nSPS) is 10.9. The molecule has 3 rings (SSSR count). The van der Waals surface area contributed by atoms with Gasteiger partial charge >= 0.3 is 5.97 Å². The van der Waals surface area contributed by atoms with Crippen LogP contribution in [-0.4, -0.2) is 20.9 Å². The number of carboxylic acids is 1. The van der Waals surface area contributed by atoms with Crippen molar-refractivity contribution in [1.29, 1.82) is 0 Å². The molecule has 0 aliphatic rings. The summed E-state index contributed by atoms with van der Waals surface area (Å²) in [6.45, 7) is 1.61. The van der Waals surface area contributed by atoms with Gasteiger partial charge in [-0.2, -0.15) is 5.10 Å². The van der Waals surface area contributed by atoms with E-state index in [1.165, 1.54) is 28.9 Å². The summed E-state index contributed by atoms with van der Waals surface area (Å²) in [5, 5.41) is 12.9. The van der Waals surface area contributed by atoms with Crippen LogP contribution in [0.3, 0.4) is 0 Å². The number of carboxylic acid groups (broad SMARTS) is 1. The molecule has 0 radical (unpaired) electrons. The Morgan fingerprint density at radius 3 is 2.39 bits per heavy atom. The number of hydrogen-bond donors (Lipinski definition) is 1. The summed E-state index contributed by atoms with van der Waals surface area (Å²) in [6, 6.07) is 7.75. The number of aromatic nitrogens is 2. The van der Waals surface area contributed by atoms with Crippen LogP contribution in [0.25, 0.3) is 5.69 Å². The van der Waals surface area contributed by atoms with Crippen LogP contribution in [0.1, 0.15) is 23.2 Å². The minimum absolute atomic E-state index is 0.0138. The van der Waals surface area contributed by atoms with E-state index in [0.717, 1.165) is 17.7 Å². The third-order valence-corrected chi connectivity index (χ3v) is 4.19. The van der Waals surface area contributed by atoms with Crippen molar-refractivity contribution in [2.45, 2.75) is 26.4 Å². The van der Waals surface area contributed by atoms with Crippen molar-refractivity contribution in [3.63, 3.8) is 0 Å². The van der Waals surface area contributed by atoms with Gasteiger partial charge in [0.2, 0.25) is 0 Å². The van der Waals surface area contributed by atoms with Crippen molar-refractivity contribution in [1.82, 2.24) is 9.78 Å². The van der Waals surface area contributed by atoms with Crippen LogP contribution in [-0.2, 0) is 17.8 Å². The second-order valence-corrected chi connectivity index (χ2v) is 6.23. The van der Waals surface area contributed by atoms with E-state index in [1.54, 1.807) is 13.1 Å². The molecule has 0 spiro atoms. The first-order valence-corrected chi connectivity index (χ1v) is 8.47. The molecular formula is C20H17F3N2O3. The highest BCUT2D eigenvalue weighted by molar-refractivity contribution is 5.67. The van der Waals surface area contributed by atoms with Crippen LogP contribution in [0.5, 0.6) is 5.75 Å². The van der Waals surface area contributed by atoms with Gasteiger partial charge in [0.15, 0.2) is 17.4 Å². The predicted octanol–water partition coefficient (Wildman–Crippen LogP) is 4.19. The molecule has 0 saturated heterocycles. The summed E-state index contributed by atoms with van der Waals surface area (Å²) in [5.74, 6) is -3.81. The van der Waals surface area contributed by atoms with Crippen LogP contribution >= 0.6 is 0 Å². The third-order valence-electron chi connectivity index (χ3n) is 4.19. The molecular weight excluding hydrogens is 373 g/mol. The van der Waals surface area contributed by atoms with Gasteiger partial charge in [0.1, 0.15) is 12.4 Å². The smallest absolute Gasteiger partial charge is 0.303 e. The summed E-state index contributed by atoms with van der Waals surface area (Å²) in [4.78, 5) is 10.6. The van der Waals surface area contributed by atoms with E-state index in [9.17, 15) is 18.0 Å². The van der Waals surface area contributed by atoms with E-state index in [2.05, 4.69) is 5.10 Å². The number of carbonyl (C=O) groups is 1. The minimum Gasteiger partial charge on any atom is -0.481 e. The lowest BCUT2D eigenvalue weighted by Gasteiger charge is -2.12. The highest BCUT2D eigenvalue weighted by Crippen LogP contribution is 2.26. The largest absolute Gasteiger partial charge is 0.481 e. The lowest BCUT2D eigenvalue weighted by atomic mass is 10.1. The molecule has 1 aromatic heterocycles. The Bertz CT molecular complexity index is 977. The fourth-order valence-corrected chi connectivity index (χ4v) is 2.72. The van der Waals surface area contributed by atoms with E-state index < -0.39 is 29.2 Å².